The highest BCUT2D eigenvalue weighted by Gasteiger charge is 2.31. The molecule has 20 heavy (non-hydrogen) atoms. The van der Waals surface area contributed by atoms with Gasteiger partial charge in [0.2, 0.25) is 5.91 Å². The van der Waals surface area contributed by atoms with Gasteiger partial charge in [-0.2, -0.15) is 0 Å². The fourth-order valence-electron chi connectivity index (χ4n) is 2.75. The Labute approximate surface area is 118 Å². The molecule has 104 valence electrons. The summed E-state index contributed by atoms with van der Waals surface area (Å²) in [5.41, 5.74) is 1.61. The summed E-state index contributed by atoms with van der Waals surface area (Å²) in [7, 11) is 0. The number of fused-ring (bicyclic) bond motifs is 1. The van der Waals surface area contributed by atoms with Gasteiger partial charge in [-0.05, 0) is 31.9 Å². The van der Waals surface area contributed by atoms with Crippen molar-refractivity contribution in [3.8, 4) is 0 Å². The van der Waals surface area contributed by atoms with Crippen LogP contribution in [0.5, 0.6) is 0 Å². The number of carbonyl (C=O) groups excluding carboxylic acids is 2. The van der Waals surface area contributed by atoms with Crippen LogP contribution in [-0.4, -0.2) is 34.2 Å². The Morgan fingerprint density at radius 3 is 2.85 bits per heavy atom. The van der Waals surface area contributed by atoms with E-state index in [0.29, 0.717) is 18.2 Å². The zero-order valence-corrected chi connectivity index (χ0v) is 11.6. The van der Waals surface area contributed by atoms with Crippen LogP contribution in [0.25, 0.3) is 10.9 Å². The molecule has 0 radical (unpaired) electrons. The summed E-state index contributed by atoms with van der Waals surface area (Å²) in [6.45, 7) is 3.13. The maximum atomic E-state index is 12.4. The van der Waals surface area contributed by atoms with Crippen LogP contribution in [0.2, 0.25) is 0 Å². The minimum absolute atomic E-state index is 0.156. The molecule has 1 amide bonds. The normalized spacial score (nSPS) is 14.4. The first-order chi connectivity index (χ1) is 9.74. The van der Waals surface area contributed by atoms with Crippen molar-refractivity contribution in [2.24, 2.45) is 0 Å². The van der Waals surface area contributed by atoms with Gasteiger partial charge in [0.1, 0.15) is 6.54 Å². The third-order valence-electron chi connectivity index (χ3n) is 3.93. The first-order valence-electron chi connectivity index (χ1n) is 7.07. The van der Waals surface area contributed by atoms with Crippen molar-refractivity contribution >= 4 is 23.1 Å². The molecule has 1 aromatic carbocycles. The van der Waals surface area contributed by atoms with E-state index >= 15 is 0 Å². The molecular formula is C16H18N2O2. The molecule has 1 aliphatic rings. The second-order valence-electron chi connectivity index (χ2n) is 5.25. The van der Waals surface area contributed by atoms with Crippen LogP contribution in [0, 0.1) is 0 Å². The van der Waals surface area contributed by atoms with Gasteiger partial charge in [0.05, 0.1) is 0 Å². The lowest BCUT2D eigenvalue weighted by atomic mass is 10.1. The van der Waals surface area contributed by atoms with Crippen LogP contribution in [0.1, 0.15) is 30.1 Å². The molecule has 1 saturated carbocycles. The van der Waals surface area contributed by atoms with Crippen LogP contribution >= 0.6 is 0 Å². The number of nitrogens with zero attached hydrogens (tertiary/aromatic N) is 2. The molecule has 4 nitrogen and oxygen atoms in total. The van der Waals surface area contributed by atoms with Crippen molar-refractivity contribution in [3.63, 3.8) is 0 Å². The summed E-state index contributed by atoms with van der Waals surface area (Å²) >= 11 is 0. The predicted octanol–water partition coefficient (Wildman–Crippen LogP) is 2.46. The topological polar surface area (TPSA) is 42.3 Å². The molecule has 2 aromatic rings. The smallest absolute Gasteiger partial charge is 0.242 e. The van der Waals surface area contributed by atoms with E-state index < -0.39 is 0 Å². The van der Waals surface area contributed by atoms with Gasteiger partial charge >= 0.3 is 0 Å². The highest BCUT2D eigenvalue weighted by atomic mass is 16.2. The van der Waals surface area contributed by atoms with E-state index in [2.05, 4.69) is 0 Å². The van der Waals surface area contributed by atoms with E-state index in [-0.39, 0.29) is 5.91 Å². The highest BCUT2D eigenvalue weighted by molar-refractivity contribution is 5.97. The number of hydrogen-bond acceptors (Lipinski definition) is 2. The van der Waals surface area contributed by atoms with E-state index in [9.17, 15) is 9.59 Å². The second kappa shape index (κ2) is 5.12. The summed E-state index contributed by atoms with van der Waals surface area (Å²) in [5, 5.41) is 0.907. The average molecular weight is 270 g/mol. The molecule has 1 aliphatic carbocycles. The fraction of sp³-hybridized carbons (Fsp3) is 0.375. The third kappa shape index (κ3) is 2.22. The number of aromatic nitrogens is 1. The second-order valence-corrected chi connectivity index (χ2v) is 5.25. The van der Waals surface area contributed by atoms with Crippen molar-refractivity contribution in [3.05, 3.63) is 36.0 Å². The summed E-state index contributed by atoms with van der Waals surface area (Å²) in [4.78, 5) is 25.3. The Kier molecular flexibility index (Phi) is 3.30. The van der Waals surface area contributed by atoms with Gasteiger partial charge in [0.15, 0.2) is 6.29 Å². The van der Waals surface area contributed by atoms with Crippen molar-refractivity contribution in [2.75, 3.05) is 6.54 Å². The Morgan fingerprint density at radius 1 is 1.40 bits per heavy atom. The summed E-state index contributed by atoms with van der Waals surface area (Å²) in [5.74, 6) is 0.156. The number of benzene rings is 1. The molecule has 1 heterocycles. The van der Waals surface area contributed by atoms with Crippen molar-refractivity contribution in [1.82, 2.24) is 9.47 Å². The molecule has 3 rings (SSSR count). The molecule has 0 atom stereocenters. The molecule has 0 aliphatic heterocycles. The minimum atomic E-state index is 0.156. The number of hydrogen-bond donors (Lipinski definition) is 0. The maximum absolute atomic E-state index is 12.4. The predicted molar refractivity (Wildman–Crippen MR) is 77.7 cm³/mol. The first kappa shape index (κ1) is 12.9. The number of rotatable bonds is 5. The van der Waals surface area contributed by atoms with Crippen molar-refractivity contribution in [2.45, 2.75) is 32.4 Å². The van der Waals surface area contributed by atoms with Gasteiger partial charge in [-0.3, -0.25) is 9.59 Å². The van der Waals surface area contributed by atoms with Crippen molar-refractivity contribution < 1.29 is 9.59 Å². The van der Waals surface area contributed by atoms with Crippen LogP contribution in [0.3, 0.4) is 0 Å². The third-order valence-corrected chi connectivity index (χ3v) is 3.93. The molecule has 1 fully saturated rings. The van der Waals surface area contributed by atoms with Gasteiger partial charge in [0.25, 0.3) is 0 Å². The number of aldehydes is 1. The van der Waals surface area contributed by atoms with Gasteiger partial charge in [-0.1, -0.05) is 12.1 Å². The van der Waals surface area contributed by atoms with Crippen LogP contribution in [0.4, 0.5) is 0 Å². The molecule has 4 heteroatoms. The van der Waals surface area contributed by atoms with Crippen LogP contribution in [-0.2, 0) is 11.3 Å². The molecule has 0 bridgehead atoms. The fourth-order valence-corrected chi connectivity index (χ4v) is 2.75. The quantitative estimate of drug-likeness (QED) is 0.783. The standard InChI is InChI=1S/C16H18N2O2/c1-2-18(13-6-7-13)16(20)10-17-9-8-14-12(11-19)4-3-5-15(14)17/h3-5,8-9,11,13H,2,6-7,10H2,1H3. The zero-order valence-electron chi connectivity index (χ0n) is 11.6. The summed E-state index contributed by atoms with van der Waals surface area (Å²) in [6, 6.07) is 7.94. The monoisotopic (exact) mass is 270 g/mol. The Balaban J connectivity index is 1.87. The summed E-state index contributed by atoms with van der Waals surface area (Å²) in [6.07, 6.45) is 5.00. The zero-order chi connectivity index (χ0) is 14.1. The highest BCUT2D eigenvalue weighted by Crippen LogP contribution is 2.27. The van der Waals surface area contributed by atoms with Crippen molar-refractivity contribution in [1.29, 1.82) is 0 Å². The molecule has 1 aromatic heterocycles. The number of amides is 1. The van der Waals surface area contributed by atoms with Gasteiger partial charge < -0.3 is 9.47 Å². The van der Waals surface area contributed by atoms with Gasteiger partial charge in [-0.25, -0.2) is 0 Å². The largest absolute Gasteiger partial charge is 0.338 e. The molecule has 0 saturated heterocycles. The van der Waals surface area contributed by atoms with E-state index in [4.69, 9.17) is 0 Å². The van der Waals surface area contributed by atoms with Crippen LogP contribution < -0.4 is 0 Å². The van der Waals surface area contributed by atoms with Gasteiger partial charge in [0, 0.05) is 35.2 Å². The van der Waals surface area contributed by atoms with E-state index in [1.807, 2.05) is 40.8 Å². The average Bonchev–Trinajstić information content (AvgIpc) is 3.21. The van der Waals surface area contributed by atoms with E-state index in [0.717, 1.165) is 36.6 Å². The first-order valence-corrected chi connectivity index (χ1v) is 7.07. The number of carbonyl (C=O) groups is 2. The number of likely N-dealkylation sites (N-methyl/N-ethyl adjacent to an activating group) is 1. The van der Waals surface area contributed by atoms with E-state index in [1.54, 1.807) is 6.07 Å². The molecule has 0 N–H and O–H groups in total. The Morgan fingerprint density at radius 2 is 2.20 bits per heavy atom. The Bertz CT molecular complexity index is 656. The molecule has 0 spiro atoms. The summed E-state index contributed by atoms with van der Waals surface area (Å²) < 4.78 is 1.93. The maximum Gasteiger partial charge on any atom is 0.242 e. The Hall–Kier alpha value is -2.10. The van der Waals surface area contributed by atoms with E-state index in [1.165, 1.54) is 0 Å². The molecular weight excluding hydrogens is 252 g/mol. The van der Waals surface area contributed by atoms with Gasteiger partial charge in [-0.15, -0.1) is 0 Å². The lowest BCUT2D eigenvalue weighted by molar-refractivity contribution is -0.132. The molecule has 0 unspecified atom stereocenters. The lowest BCUT2D eigenvalue weighted by Gasteiger charge is -2.20. The van der Waals surface area contributed by atoms with Crippen LogP contribution in [0.15, 0.2) is 30.5 Å². The minimum Gasteiger partial charge on any atom is -0.338 e. The lowest BCUT2D eigenvalue weighted by Crippen LogP contribution is -2.35. The SMILES string of the molecule is CCN(C(=O)Cn1ccc2c(C=O)cccc21)C1CC1.